The van der Waals surface area contributed by atoms with Crippen LogP contribution >= 0.6 is 15.9 Å². The first-order chi connectivity index (χ1) is 9.30. The van der Waals surface area contributed by atoms with Gasteiger partial charge in [0.1, 0.15) is 5.82 Å². The lowest BCUT2D eigenvalue weighted by molar-refractivity contribution is -0.137. The number of hydrogen-bond acceptors (Lipinski definition) is 2. The Bertz CT molecular complexity index is 670. The van der Waals surface area contributed by atoms with E-state index >= 15 is 0 Å². The van der Waals surface area contributed by atoms with Crippen molar-refractivity contribution in [1.29, 1.82) is 0 Å². The highest BCUT2D eigenvalue weighted by Gasteiger charge is 2.35. The largest absolute Gasteiger partial charge is 0.417 e. The summed E-state index contributed by atoms with van der Waals surface area (Å²) in [5.41, 5.74) is -1.70. The second kappa shape index (κ2) is 5.32. The molecular weight excluding hydrogens is 342 g/mol. The van der Waals surface area contributed by atoms with E-state index in [2.05, 4.69) is 20.9 Å². The number of carbonyl (C=O) groups excluding carboxylic acids is 1. The van der Waals surface area contributed by atoms with Gasteiger partial charge in [-0.1, -0.05) is 0 Å². The van der Waals surface area contributed by atoms with Crippen molar-refractivity contribution in [3.8, 4) is 0 Å². The minimum Gasteiger partial charge on any atom is -0.289 e. The molecule has 0 spiro atoms. The predicted octanol–water partition coefficient (Wildman–Crippen LogP) is 4.23. The van der Waals surface area contributed by atoms with Crippen LogP contribution in [0.5, 0.6) is 0 Å². The molecular formula is C13H6BrF4NO. The Hall–Kier alpha value is -1.76. The second-order valence-corrected chi connectivity index (χ2v) is 4.73. The van der Waals surface area contributed by atoms with Gasteiger partial charge in [0.15, 0.2) is 5.78 Å². The Balaban J connectivity index is 2.51. The summed E-state index contributed by atoms with van der Waals surface area (Å²) >= 11 is 2.88. The zero-order valence-electron chi connectivity index (χ0n) is 9.71. The molecule has 0 aliphatic heterocycles. The first-order valence-electron chi connectivity index (χ1n) is 5.31. The minimum absolute atomic E-state index is 0.000740. The van der Waals surface area contributed by atoms with E-state index in [4.69, 9.17) is 0 Å². The Morgan fingerprint density at radius 2 is 1.90 bits per heavy atom. The molecule has 0 atom stereocenters. The maximum Gasteiger partial charge on any atom is 0.417 e. The molecule has 0 fully saturated rings. The third-order valence-electron chi connectivity index (χ3n) is 2.55. The van der Waals surface area contributed by atoms with E-state index in [-0.39, 0.29) is 10.0 Å². The van der Waals surface area contributed by atoms with Crippen LogP contribution in [0, 0.1) is 5.82 Å². The van der Waals surface area contributed by atoms with Crippen molar-refractivity contribution in [1.82, 2.24) is 4.98 Å². The van der Waals surface area contributed by atoms with Crippen LogP contribution in [0.15, 0.2) is 41.1 Å². The molecule has 0 aliphatic rings. The van der Waals surface area contributed by atoms with Gasteiger partial charge in [0.2, 0.25) is 0 Å². The summed E-state index contributed by atoms with van der Waals surface area (Å²) in [5, 5.41) is 0. The zero-order valence-corrected chi connectivity index (χ0v) is 11.3. The van der Waals surface area contributed by atoms with E-state index in [0.717, 1.165) is 36.7 Å². The highest BCUT2D eigenvalue weighted by Crippen LogP contribution is 2.32. The van der Waals surface area contributed by atoms with Gasteiger partial charge in [-0.25, -0.2) is 4.39 Å². The van der Waals surface area contributed by atoms with E-state index in [1.54, 1.807) is 0 Å². The molecule has 0 radical (unpaired) electrons. The summed E-state index contributed by atoms with van der Waals surface area (Å²) in [4.78, 5) is 15.6. The summed E-state index contributed by atoms with van der Waals surface area (Å²) in [6.07, 6.45) is -2.85. The number of ketones is 1. The Labute approximate surface area is 119 Å². The van der Waals surface area contributed by atoms with Crippen LogP contribution in [0.3, 0.4) is 0 Å². The molecule has 2 nitrogen and oxygen atoms in total. The maximum absolute atomic E-state index is 13.1. The van der Waals surface area contributed by atoms with E-state index in [9.17, 15) is 22.4 Å². The van der Waals surface area contributed by atoms with Crippen LogP contribution in [0.1, 0.15) is 21.5 Å². The van der Waals surface area contributed by atoms with Crippen molar-refractivity contribution in [2.45, 2.75) is 6.18 Å². The lowest BCUT2D eigenvalue weighted by Crippen LogP contribution is -2.14. The molecule has 0 aliphatic carbocycles. The van der Waals surface area contributed by atoms with Crippen LogP contribution in [0.2, 0.25) is 0 Å². The van der Waals surface area contributed by atoms with Gasteiger partial charge in [-0.05, 0) is 40.2 Å². The van der Waals surface area contributed by atoms with Crippen molar-refractivity contribution in [2.75, 3.05) is 0 Å². The van der Waals surface area contributed by atoms with E-state index in [0.29, 0.717) is 0 Å². The standard InChI is InChI=1S/C13H6BrF4NO/c14-10-5-7(1-2-11(10)15)12(20)8-6-19-4-3-9(8)13(16,17)18/h1-6H. The van der Waals surface area contributed by atoms with Gasteiger partial charge in [0.25, 0.3) is 0 Å². The third-order valence-corrected chi connectivity index (χ3v) is 3.16. The number of halogens is 5. The van der Waals surface area contributed by atoms with Crippen molar-refractivity contribution >= 4 is 21.7 Å². The van der Waals surface area contributed by atoms with Crippen molar-refractivity contribution in [3.05, 3.63) is 63.6 Å². The summed E-state index contributed by atoms with van der Waals surface area (Å²) in [5.74, 6) is -1.48. The number of carbonyl (C=O) groups is 1. The van der Waals surface area contributed by atoms with Crippen molar-refractivity contribution in [3.63, 3.8) is 0 Å². The number of pyridine rings is 1. The molecule has 1 aromatic heterocycles. The fourth-order valence-electron chi connectivity index (χ4n) is 1.62. The zero-order chi connectivity index (χ0) is 14.9. The quantitative estimate of drug-likeness (QED) is 0.601. The molecule has 1 heterocycles. The van der Waals surface area contributed by atoms with Crippen molar-refractivity contribution < 1.29 is 22.4 Å². The Morgan fingerprint density at radius 3 is 2.50 bits per heavy atom. The summed E-state index contributed by atoms with van der Waals surface area (Å²) in [7, 11) is 0. The monoisotopic (exact) mass is 347 g/mol. The normalized spacial score (nSPS) is 11.4. The highest BCUT2D eigenvalue weighted by molar-refractivity contribution is 9.10. The third kappa shape index (κ3) is 2.87. The molecule has 20 heavy (non-hydrogen) atoms. The summed E-state index contributed by atoms with van der Waals surface area (Å²) in [6.45, 7) is 0. The molecule has 0 saturated carbocycles. The van der Waals surface area contributed by atoms with E-state index in [1.807, 2.05) is 0 Å². The van der Waals surface area contributed by atoms with E-state index < -0.39 is 28.9 Å². The smallest absolute Gasteiger partial charge is 0.289 e. The van der Waals surface area contributed by atoms with Crippen LogP contribution in [-0.2, 0) is 6.18 Å². The van der Waals surface area contributed by atoms with Gasteiger partial charge in [0, 0.05) is 18.0 Å². The van der Waals surface area contributed by atoms with Gasteiger partial charge in [-0.2, -0.15) is 13.2 Å². The Kier molecular flexibility index (Phi) is 3.89. The molecule has 1 aromatic carbocycles. The number of nitrogens with zero attached hydrogens (tertiary/aromatic N) is 1. The maximum atomic E-state index is 13.1. The highest BCUT2D eigenvalue weighted by atomic mass is 79.9. The number of rotatable bonds is 2. The SMILES string of the molecule is O=C(c1ccc(F)c(Br)c1)c1cnccc1C(F)(F)F. The van der Waals surface area contributed by atoms with Crippen LogP contribution < -0.4 is 0 Å². The molecule has 0 bridgehead atoms. The average molecular weight is 348 g/mol. The van der Waals surface area contributed by atoms with Gasteiger partial charge in [0.05, 0.1) is 15.6 Å². The molecule has 0 N–H and O–H groups in total. The molecule has 0 unspecified atom stereocenters. The summed E-state index contributed by atoms with van der Waals surface area (Å²) in [6, 6.07) is 3.98. The van der Waals surface area contributed by atoms with Gasteiger partial charge >= 0.3 is 6.18 Å². The molecule has 0 amide bonds. The molecule has 0 saturated heterocycles. The average Bonchev–Trinajstić information content (AvgIpc) is 2.40. The first kappa shape index (κ1) is 14.6. The topological polar surface area (TPSA) is 30.0 Å². The fraction of sp³-hybridized carbons (Fsp3) is 0.0769. The number of hydrogen-bond donors (Lipinski definition) is 0. The number of benzene rings is 1. The number of alkyl halides is 3. The van der Waals surface area contributed by atoms with E-state index in [1.165, 1.54) is 0 Å². The lowest BCUT2D eigenvalue weighted by Gasteiger charge is -2.11. The Morgan fingerprint density at radius 1 is 1.20 bits per heavy atom. The minimum atomic E-state index is -4.66. The molecule has 7 heteroatoms. The number of aromatic nitrogens is 1. The molecule has 2 rings (SSSR count). The van der Waals surface area contributed by atoms with Gasteiger partial charge in [-0.3, -0.25) is 9.78 Å². The molecule has 2 aromatic rings. The predicted molar refractivity (Wildman–Crippen MR) is 66.8 cm³/mol. The van der Waals surface area contributed by atoms with Gasteiger partial charge in [-0.15, -0.1) is 0 Å². The molecule has 104 valence electrons. The van der Waals surface area contributed by atoms with Crippen molar-refractivity contribution in [2.24, 2.45) is 0 Å². The lowest BCUT2D eigenvalue weighted by atomic mass is 10.0. The van der Waals surface area contributed by atoms with Crippen LogP contribution in [0.25, 0.3) is 0 Å². The fourth-order valence-corrected chi connectivity index (χ4v) is 1.99. The van der Waals surface area contributed by atoms with Crippen LogP contribution in [-0.4, -0.2) is 10.8 Å². The first-order valence-corrected chi connectivity index (χ1v) is 6.11. The van der Waals surface area contributed by atoms with Gasteiger partial charge < -0.3 is 0 Å². The summed E-state index contributed by atoms with van der Waals surface area (Å²) < 4.78 is 51.5. The second-order valence-electron chi connectivity index (χ2n) is 3.88. The van der Waals surface area contributed by atoms with Crippen LogP contribution in [0.4, 0.5) is 17.6 Å².